The van der Waals surface area contributed by atoms with E-state index in [9.17, 15) is 4.39 Å². The van der Waals surface area contributed by atoms with Gasteiger partial charge in [0.2, 0.25) is 5.28 Å². The highest BCUT2D eigenvalue weighted by molar-refractivity contribution is 6.32. The fourth-order valence-corrected chi connectivity index (χ4v) is 3.08. The molecule has 1 heterocycles. The molecule has 19 heavy (non-hydrogen) atoms. The standard InChI is InChI=1S/C14H11Cl2FN2/c15-13-11-7-9(8-2-1-3-10(17)6-8)4-5-12(11)18-14(16)19-13/h1-3,6,9H,4-5,7H2/t9-/m1/s1. The van der Waals surface area contributed by atoms with Crippen LogP contribution >= 0.6 is 23.2 Å². The maximum atomic E-state index is 13.3. The van der Waals surface area contributed by atoms with Crippen LogP contribution in [-0.2, 0) is 12.8 Å². The Balaban J connectivity index is 1.94. The molecule has 0 amide bonds. The molecule has 1 aliphatic rings. The second-order valence-corrected chi connectivity index (χ2v) is 5.40. The van der Waals surface area contributed by atoms with Gasteiger partial charge < -0.3 is 0 Å². The van der Waals surface area contributed by atoms with Gasteiger partial charge in [-0.15, -0.1) is 0 Å². The van der Waals surface area contributed by atoms with Crippen molar-refractivity contribution in [3.05, 3.63) is 57.3 Å². The maximum Gasteiger partial charge on any atom is 0.224 e. The molecule has 0 saturated heterocycles. The molecule has 0 N–H and O–H groups in total. The summed E-state index contributed by atoms with van der Waals surface area (Å²) in [6.45, 7) is 0. The van der Waals surface area contributed by atoms with Crippen LogP contribution in [0, 0.1) is 5.82 Å². The summed E-state index contributed by atoms with van der Waals surface area (Å²) in [6.07, 6.45) is 2.44. The van der Waals surface area contributed by atoms with Gasteiger partial charge in [0.25, 0.3) is 0 Å². The van der Waals surface area contributed by atoms with E-state index in [1.54, 1.807) is 12.1 Å². The van der Waals surface area contributed by atoms with E-state index in [1.807, 2.05) is 6.07 Å². The van der Waals surface area contributed by atoms with Crippen molar-refractivity contribution in [3.8, 4) is 0 Å². The fourth-order valence-electron chi connectivity index (χ4n) is 2.58. The zero-order valence-corrected chi connectivity index (χ0v) is 11.5. The Hall–Kier alpha value is -1.19. The van der Waals surface area contributed by atoms with E-state index in [1.165, 1.54) is 6.07 Å². The number of aromatic nitrogens is 2. The molecule has 0 unspecified atom stereocenters. The summed E-state index contributed by atoms with van der Waals surface area (Å²) in [5.74, 6) is 0.0484. The summed E-state index contributed by atoms with van der Waals surface area (Å²) in [4.78, 5) is 8.19. The van der Waals surface area contributed by atoms with Gasteiger partial charge in [-0.3, -0.25) is 0 Å². The van der Waals surface area contributed by atoms with Gasteiger partial charge in [0.15, 0.2) is 0 Å². The summed E-state index contributed by atoms with van der Waals surface area (Å²) in [5.41, 5.74) is 2.85. The first-order valence-electron chi connectivity index (χ1n) is 6.10. The Bertz CT molecular complexity index is 631. The Morgan fingerprint density at radius 2 is 2.05 bits per heavy atom. The molecule has 2 aromatic rings. The van der Waals surface area contributed by atoms with Gasteiger partial charge in [-0.2, -0.15) is 0 Å². The van der Waals surface area contributed by atoms with Crippen LogP contribution in [-0.4, -0.2) is 9.97 Å². The number of fused-ring (bicyclic) bond motifs is 1. The van der Waals surface area contributed by atoms with Crippen LogP contribution in [0.15, 0.2) is 24.3 Å². The Kier molecular flexibility index (Phi) is 3.42. The first-order valence-corrected chi connectivity index (χ1v) is 6.85. The van der Waals surface area contributed by atoms with Gasteiger partial charge in [0.1, 0.15) is 11.0 Å². The zero-order valence-electron chi connectivity index (χ0n) is 10.0. The van der Waals surface area contributed by atoms with Crippen LogP contribution in [0.3, 0.4) is 0 Å². The van der Waals surface area contributed by atoms with E-state index >= 15 is 0 Å². The second kappa shape index (κ2) is 5.06. The highest BCUT2D eigenvalue weighted by atomic mass is 35.5. The van der Waals surface area contributed by atoms with Gasteiger partial charge in [0.05, 0.1) is 5.69 Å². The number of aryl methyl sites for hydroxylation is 1. The minimum absolute atomic E-state index is 0.188. The van der Waals surface area contributed by atoms with Crippen molar-refractivity contribution in [2.24, 2.45) is 0 Å². The number of hydrogen-bond acceptors (Lipinski definition) is 2. The van der Waals surface area contributed by atoms with Crippen LogP contribution in [0.2, 0.25) is 10.4 Å². The molecular weight excluding hydrogens is 286 g/mol. The van der Waals surface area contributed by atoms with Gasteiger partial charge >= 0.3 is 0 Å². The average Bonchev–Trinajstić information content (AvgIpc) is 2.38. The summed E-state index contributed by atoms with van der Waals surface area (Å²) >= 11 is 11.9. The third kappa shape index (κ3) is 2.58. The van der Waals surface area contributed by atoms with Crippen molar-refractivity contribution in [1.82, 2.24) is 9.97 Å². The van der Waals surface area contributed by atoms with Gasteiger partial charge in [-0.05, 0) is 54.5 Å². The summed E-state index contributed by atoms with van der Waals surface area (Å²) in [5, 5.41) is 0.601. The molecule has 0 bridgehead atoms. The predicted molar refractivity (Wildman–Crippen MR) is 73.2 cm³/mol. The third-order valence-electron chi connectivity index (χ3n) is 3.52. The van der Waals surface area contributed by atoms with Crippen molar-refractivity contribution >= 4 is 23.2 Å². The largest absolute Gasteiger partial charge is 0.224 e. The van der Waals surface area contributed by atoms with Gasteiger partial charge in [-0.25, -0.2) is 14.4 Å². The highest BCUT2D eigenvalue weighted by Gasteiger charge is 2.24. The molecule has 3 rings (SSSR count). The van der Waals surface area contributed by atoms with Gasteiger partial charge in [0, 0.05) is 5.56 Å². The molecule has 1 aromatic heterocycles. The summed E-state index contributed by atoms with van der Waals surface area (Å²) < 4.78 is 13.3. The number of benzene rings is 1. The van der Waals surface area contributed by atoms with Crippen LogP contribution in [0.1, 0.15) is 29.2 Å². The van der Waals surface area contributed by atoms with Gasteiger partial charge in [-0.1, -0.05) is 23.7 Å². The minimum atomic E-state index is -0.207. The minimum Gasteiger partial charge on any atom is -0.223 e. The van der Waals surface area contributed by atoms with E-state index in [0.29, 0.717) is 5.15 Å². The molecule has 0 radical (unpaired) electrons. The molecule has 98 valence electrons. The van der Waals surface area contributed by atoms with Crippen LogP contribution < -0.4 is 0 Å². The average molecular weight is 297 g/mol. The highest BCUT2D eigenvalue weighted by Crippen LogP contribution is 2.35. The lowest BCUT2D eigenvalue weighted by Crippen LogP contribution is -2.15. The van der Waals surface area contributed by atoms with E-state index in [-0.39, 0.29) is 17.0 Å². The monoisotopic (exact) mass is 296 g/mol. The van der Waals surface area contributed by atoms with Crippen molar-refractivity contribution in [2.45, 2.75) is 25.2 Å². The lowest BCUT2D eigenvalue weighted by molar-refractivity contribution is 0.562. The second-order valence-electron chi connectivity index (χ2n) is 4.70. The van der Waals surface area contributed by atoms with Crippen molar-refractivity contribution in [2.75, 3.05) is 0 Å². The topological polar surface area (TPSA) is 25.8 Å². The van der Waals surface area contributed by atoms with Crippen molar-refractivity contribution in [3.63, 3.8) is 0 Å². The SMILES string of the molecule is Fc1cccc([C@@H]2CCc3nc(Cl)nc(Cl)c3C2)c1. The summed E-state index contributed by atoms with van der Waals surface area (Å²) in [7, 11) is 0. The fraction of sp³-hybridized carbons (Fsp3) is 0.286. The lowest BCUT2D eigenvalue weighted by atomic mass is 9.83. The van der Waals surface area contributed by atoms with Crippen LogP contribution in [0.5, 0.6) is 0 Å². The molecule has 0 saturated carbocycles. The third-order valence-corrected chi connectivity index (χ3v) is 4.00. The van der Waals surface area contributed by atoms with E-state index in [0.717, 1.165) is 36.1 Å². The molecule has 5 heteroatoms. The number of nitrogens with zero attached hydrogens (tertiary/aromatic N) is 2. The van der Waals surface area contributed by atoms with Crippen LogP contribution in [0.25, 0.3) is 0 Å². The molecule has 0 spiro atoms. The molecule has 1 atom stereocenters. The smallest absolute Gasteiger partial charge is 0.223 e. The number of halogens is 3. The lowest BCUT2D eigenvalue weighted by Gasteiger charge is -2.24. The summed E-state index contributed by atoms with van der Waals surface area (Å²) in [6, 6.07) is 6.72. The van der Waals surface area contributed by atoms with E-state index in [4.69, 9.17) is 23.2 Å². The predicted octanol–water partition coefficient (Wildman–Crippen LogP) is 4.20. The van der Waals surface area contributed by atoms with Crippen molar-refractivity contribution in [1.29, 1.82) is 0 Å². The number of rotatable bonds is 1. The van der Waals surface area contributed by atoms with E-state index < -0.39 is 0 Å². The molecule has 0 fully saturated rings. The molecular formula is C14H11Cl2FN2. The molecule has 0 aliphatic heterocycles. The zero-order chi connectivity index (χ0) is 13.4. The first kappa shape index (κ1) is 12.8. The Morgan fingerprint density at radius 1 is 1.21 bits per heavy atom. The van der Waals surface area contributed by atoms with Crippen LogP contribution in [0.4, 0.5) is 4.39 Å². The Labute approximate surface area is 120 Å². The maximum absolute atomic E-state index is 13.3. The Morgan fingerprint density at radius 3 is 2.84 bits per heavy atom. The number of hydrogen-bond donors (Lipinski definition) is 0. The normalized spacial score (nSPS) is 18.2. The molecule has 2 nitrogen and oxygen atoms in total. The van der Waals surface area contributed by atoms with Crippen molar-refractivity contribution < 1.29 is 4.39 Å². The molecule has 1 aromatic carbocycles. The quantitative estimate of drug-likeness (QED) is 0.582. The molecule has 1 aliphatic carbocycles. The first-order chi connectivity index (χ1) is 9.13. The van der Waals surface area contributed by atoms with E-state index in [2.05, 4.69) is 9.97 Å².